The summed E-state index contributed by atoms with van der Waals surface area (Å²) in [5, 5.41) is 2.70. The monoisotopic (exact) mass is 321 g/mol. The highest BCUT2D eigenvalue weighted by molar-refractivity contribution is 7.15. The molecule has 3 rings (SSSR count). The lowest BCUT2D eigenvalue weighted by molar-refractivity contribution is 0.298. The summed E-state index contributed by atoms with van der Waals surface area (Å²) in [7, 11) is 0. The Bertz CT molecular complexity index is 722. The molecule has 0 fully saturated rings. The SMILES string of the molecule is CC(N)Cc1cc(Cl)ccc1OCc1cn2ccsc2n1. The molecule has 2 heterocycles. The van der Waals surface area contributed by atoms with Crippen LogP contribution in [-0.2, 0) is 13.0 Å². The minimum Gasteiger partial charge on any atom is -0.487 e. The third kappa shape index (κ3) is 3.37. The summed E-state index contributed by atoms with van der Waals surface area (Å²) >= 11 is 7.65. The lowest BCUT2D eigenvalue weighted by Crippen LogP contribution is -2.18. The van der Waals surface area contributed by atoms with Crippen LogP contribution in [0.3, 0.4) is 0 Å². The van der Waals surface area contributed by atoms with Crippen LogP contribution in [0.15, 0.2) is 36.0 Å². The third-order valence-electron chi connectivity index (χ3n) is 3.08. The maximum Gasteiger partial charge on any atom is 0.193 e. The average molecular weight is 322 g/mol. The first-order chi connectivity index (χ1) is 10.1. The molecule has 2 N–H and O–H groups in total. The summed E-state index contributed by atoms with van der Waals surface area (Å²) in [4.78, 5) is 5.47. The number of aromatic nitrogens is 2. The zero-order chi connectivity index (χ0) is 14.8. The number of hydrogen-bond acceptors (Lipinski definition) is 4. The zero-order valence-electron chi connectivity index (χ0n) is 11.6. The number of halogens is 1. The van der Waals surface area contributed by atoms with Crippen molar-refractivity contribution in [1.82, 2.24) is 9.38 Å². The number of benzene rings is 1. The van der Waals surface area contributed by atoms with E-state index in [9.17, 15) is 0 Å². The highest BCUT2D eigenvalue weighted by Gasteiger charge is 2.09. The highest BCUT2D eigenvalue weighted by Crippen LogP contribution is 2.25. The molecule has 0 radical (unpaired) electrons. The lowest BCUT2D eigenvalue weighted by atomic mass is 10.1. The molecule has 21 heavy (non-hydrogen) atoms. The second-order valence-electron chi connectivity index (χ2n) is 5.05. The van der Waals surface area contributed by atoms with Crippen LogP contribution in [0.5, 0.6) is 5.75 Å². The molecule has 0 aliphatic heterocycles. The molecule has 0 amide bonds. The summed E-state index contributed by atoms with van der Waals surface area (Å²) in [6.45, 7) is 2.40. The van der Waals surface area contributed by atoms with Crippen molar-refractivity contribution in [2.75, 3.05) is 0 Å². The van der Waals surface area contributed by atoms with Gasteiger partial charge < -0.3 is 10.5 Å². The topological polar surface area (TPSA) is 52.5 Å². The van der Waals surface area contributed by atoms with Crippen LogP contribution in [0.2, 0.25) is 5.02 Å². The fourth-order valence-corrected chi connectivity index (χ4v) is 3.11. The number of nitrogens with two attached hydrogens (primary N) is 1. The Labute approximate surface area is 132 Å². The van der Waals surface area contributed by atoms with E-state index in [-0.39, 0.29) is 6.04 Å². The van der Waals surface area contributed by atoms with Crippen LogP contribution in [0.4, 0.5) is 0 Å². The molecule has 110 valence electrons. The molecule has 6 heteroatoms. The van der Waals surface area contributed by atoms with Gasteiger partial charge in [0.15, 0.2) is 4.96 Å². The number of imidazole rings is 1. The number of thiazole rings is 1. The van der Waals surface area contributed by atoms with E-state index in [1.54, 1.807) is 11.3 Å². The molecule has 3 aromatic rings. The number of hydrogen-bond donors (Lipinski definition) is 1. The molecule has 1 unspecified atom stereocenters. The summed E-state index contributed by atoms with van der Waals surface area (Å²) in [5.74, 6) is 0.813. The molecule has 0 spiro atoms. The number of rotatable bonds is 5. The van der Waals surface area contributed by atoms with Gasteiger partial charge in [-0.1, -0.05) is 11.6 Å². The number of nitrogens with zero attached hydrogens (tertiary/aromatic N) is 2. The molecule has 1 atom stereocenters. The van der Waals surface area contributed by atoms with Gasteiger partial charge in [-0.05, 0) is 37.1 Å². The molecule has 0 saturated carbocycles. The molecule has 0 bridgehead atoms. The van der Waals surface area contributed by atoms with E-state index in [1.807, 2.05) is 47.3 Å². The summed E-state index contributed by atoms with van der Waals surface area (Å²) in [6, 6.07) is 5.68. The van der Waals surface area contributed by atoms with Gasteiger partial charge in [0.2, 0.25) is 0 Å². The molecule has 0 aliphatic rings. The third-order valence-corrected chi connectivity index (χ3v) is 4.09. The van der Waals surface area contributed by atoms with E-state index >= 15 is 0 Å². The summed E-state index contributed by atoms with van der Waals surface area (Å²) in [5.41, 5.74) is 7.81. The van der Waals surface area contributed by atoms with Crippen LogP contribution in [0, 0.1) is 0 Å². The molecular formula is C15H16ClN3OS. The standard InChI is InChI=1S/C15H16ClN3OS/c1-10(17)6-11-7-12(16)2-3-14(11)20-9-13-8-19-4-5-21-15(19)18-13/h2-5,7-8,10H,6,9,17H2,1H3. The number of ether oxygens (including phenoxy) is 1. The average Bonchev–Trinajstić information content (AvgIpc) is 2.97. The molecule has 0 saturated heterocycles. The predicted octanol–water partition coefficient (Wildman–Crippen LogP) is 3.52. The largest absolute Gasteiger partial charge is 0.487 e. The van der Waals surface area contributed by atoms with E-state index in [0.29, 0.717) is 11.6 Å². The molecule has 2 aromatic heterocycles. The fraction of sp³-hybridized carbons (Fsp3) is 0.267. The minimum atomic E-state index is 0.0590. The first-order valence-electron chi connectivity index (χ1n) is 6.69. The lowest BCUT2D eigenvalue weighted by Gasteiger charge is -2.12. The first-order valence-corrected chi connectivity index (χ1v) is 7.95. The summed E-state index contributed by atoms with van der Waals surface area (Å²) < 4.78 is 7.89. The Hall–Kier alpha value is -1.56. The van der Waals surface area contributed by atoms with Gasteiger partial charge in [0.25, 0.3) is 0 Å². The van der Waals surface area contributed by atoms with E-state index in [4.69, 9.17) is 22.1 Å². The van der Waals surface area contributed by atoms with Crippen molar-refractivity contribution >= 4 is 27.9 Å². The van der Waals surface area contributed by atoms with Gasteiger partial charge in [-0.25, -0.2) is 4.98 Å². The zero-order valence-corrected chi connectivity index (χ0v) is 13.2. The maximum absolute atomic E-state index is 6.05. The second-order valence-corrected chi connectivity index (χ2v) is 6.36. The van der Waals surface area contributed by atoms with Crippen LogP contribution >= 0.6 is 22.9 Å². The summed E-state index contributed by atoms with van der Waals surface area (Å²) in [6.07, 6.45) is 4.70. The van der Waals surface area contributed by atoms with Crippen molar-refractivity contribution in [2.24, 2.45) is 5.73 Å². The van der Waals surface area contributed by atoms with Crippen molar-refractivity contribution in [2.45, 2.75) is 26.0 Å². The van der Waals surface area contributed by atoms with Crippen molar-refractivity contribution in [3.8, 4) is 5.75 Å². The smallest absolute Gasteiger partial charge is 0.193 e. The van der Waals surface area contributed by atoms with Crippen LogP contribution in [-0.4, -0.2) is 15.4 Å². The Balaban J connectivity index is 1.76. The Morgan fingerprint density at radius 2 is 2.33 bits per heavy atom. The Kier molecular flexibility index (Phi) is 4.14. The van der Waals surface area contributed by atoms with Gasteiger partial charge in [-0.15, -0.1) is 11.3 Å². The van der Waals surface area contributed by atoms with Crippen LogP contribution in [0.1, 0.15) is 18.2 Å². The molecule has 4 nitrogen and oxygen atoms in total. The minimum absolute atomic E-state index is 0.0590. The van der Waals surface area contributed by atoms with Gasteiger partial charge in [-0.2, -0.15) is 0 Å². The Morgan fingerprint density at radius 3 is 3.10 bits per heavy atom. The normalized spacial score (nSPS) is 12.7. The van der Waals surface area contributed by atoms with E-state index in [2.05, 4.69) is 4.98 Å². The van der Waals surface area contributed by atoms with Gasteiger partial charge >= 0.3 is 0 Å². The molecule has 0 aliphatic carbocycles. The van der Waals surface area contributed by atoms with E-state index < -0.39 is 0 Å². The van der Waals surface area contributed by atoms with Gasteiger partial charge in [-0.3, -0.25) is 4.40 Å². The van der Waals surface area contributed by atoms with Crippen molar-refractivity contribution < 1.29 is 4.74 Å². The van der Waals surface area contributed by atoms with Crippen molar-refractivity contribution in [1.29, 1.82) is 0 Å². The van der Waals surface area contributed by atoms with Crippen molar-refractivity contribution in [3.05, 3.63) is 52.3 Å². The quantitative estimate of drug-likeness (QED) is 0.782. The van der Waals surface area contributed by atoms with Crippen molar-refractivity contribution in [3.63, 3.8) is 0 Å². The highest BCUT2D eigenvalue weighted by atomic mass is 35.5. The van der Waals surface area contributed by atoms with Gasteiger partial charge in [0.05, 0.1) is 5.69 Å². The molecular weight excluding hydrogens is 306 g/mol. The Morgan fingerprint density at radius 1 is 1.48 bits per heavy atom. The predicted molar refractivity (Wildman–Crippen MR) is 86.2 cm³/mol. The fourth-order valence-electron chi connectivity index (χ4n) is 2.19. The first kappa shape index (κ1) is 14.4. The second kappa shape index (κ2) is 6.05. The van der Waals surface area contributed by atoms with E-state index in [1.165, 1.54) is 0 Å². The van der Waals surface area contributed by atoms with E-state index in [0.717, 1.165) is 28.4 Å². The number of fused-ring (bicyclic) bond motifs is 1. The van der Waals surface area contributed by atoms with Crippen LogP contribution < -0.4 is 10.5 Å². The maximum atomic E-state index is 6.05. The van der Waals surface area contributed by atoms with Gasteiger partial charge in [0.1, 0.15) is 12.4 Å². The molecule has 1 aromatic carbocycles. The van der Waals surface area contributed by atoms with Gasteiger partial charge in [0, 0.05) is 28.8 Å². The van der Waals surface area contributed by atoms with Crippen LogP contribution in [0.25, 0.3) is 4.96 Å².